The van der Waals surface area contributed by atoms with Gasteiger partial charge >= 0.3 is 0 Å². The number of rotatable bonds is 9. The van der Waals surface area contributed by atoms with E-state index < -0.39 is 0 Å². The van der Waals surface area contributed by atoms with E-state index in [9.17, 15) is 9.59 Å². The van der Waals surface area contributed by atoms with Crippen molar-refractivity contribution in [3.63, 3.8) is 0 Å². The van der Waals surface area contributed by atoms with Gasteiger partial charge in [-0.2, -0.15) is 0 Å². The SMILES string of the molecule is NCCOc1ccc(NC(=O)CCNC(=O)Cc2ccccc2)cc1. The van der Waals surface area contributed by atoms with Crippen LogP contribution in [0.15, 0.2) is 54.6 Å². The van der Waals surface area contributed by atoms with Crippen LogP contribution in [0.4, 0.5) is 5.69 Å². The summed E-state index contributed by atoms with van der Waals surface area (Å²) in [5, 5.41) is 5.53. The fourth-order valence-electron chi connectivity index (χ4n) is 2.19. The summed E-state index contributed by atoms with van der Waals surface area (Å²) in [5.41, 5.74) is 7.00. The van der Waals surface area contributed by atoms with Crippen LogP contribution >= 0.6 is 0 Å². The quantitative estimate of drug-likeness (QED) is 0.647. The van der Waals surface area contributed by atoms with E-state index in [2.05, 4.69) is 10.6 Å². The van der Waals surface area contributed by atoms with E-state index in [0.29, 0.717) is 37.6 Å². The standard InChI is InChI=1S/C19H23N3O3/c20-11-13-25-17-8-6-16(7-9-17)22-18(23)10-12-21-19(24)14-15-4-2-1-3-5-15/h1-9H,10-14,20H2,(H,21,24)(H,22,23). The molecular formula is C19H23N3O3. The molecule has 0 aliphatic rings. The molecule has 0 atom stereocenters. The van der Waals surface area contributed by atoms with Crippen LogP contribution in [0.25, 0.3) is 0 Å². The smallest absolute Gasteiger partial charge is 0.226 e. The minimum Gasteiger partial charge on any atom is -0.492 e. The van der Waals surface area contributed by atoms with Crippen LogP contribution in [0.2, 0.25) is 0 Å². The van der Waals surface area contributed by atoms with Gasteiger partial charge in [0, 0.05) is 25.2 Å². The second-order valence-electron chi connectivity index (χ2n) is 5.47. The fourth-order valence-corrected chi connectivity index (χ4v) is 2.19. The molecule has 0 heterocycles. The second kappa shape index (κ2) is 10.1. The van der Waals surface area contributed by atoms with Gasteiger partial charge in [0.1, 0.15) is 12.4 Å². The van der Waals surface area contributed by atoms with Gasteiger partial charge in [0.25, 0.3) is 0 Å². The Bertz CT molecular complexity index is 672. The second-order valence-corrected chi connectivity index (χ2v) is 5.47. The van der Waals surface area contributed by atoms with Crippen molar-refractivity contribution in [3.05, 3.63) is 60.2 Å². The van der Waals surface area contributed by atoms with Gasteiger partial charge in [0.15, 0.2) is 0 Å². The Hall–Kier alpha value is -2.86. The molecule has 0 aliphatic heterocycles. The molecule has 0 fully saturated rings. The summed E-state index contributed by atoms with van der Waals surface area (Å²) in [6.45, 7) is 1.21. The molecule has 0 radical (unpaired) electrons. The number of ether oxygens (including phenoxy) is 1. The van der Waals surface area contributed by atoms with Crippen LogP contribution in [0.1, 0.15) is 12.0 Å². The van der Waals surface area contributed by atoms with Crippen molar-refractivity contribution >= 4 is 17.5 Å². The summed E-state index contributed by atoms with van der Waals surface area (Å²) in [4.78, 5) is 23.7. The molecule has 0 saturated carbocycles. The molecule has 0 saturated heterocycles. The van der Waals surface area contributed by atoms with Gasteiger partial charge < -0.3 is 21.1 Å². The van der Waals surface area contributed by atoms with E-state index in [0.717, 1.165) is 5.56 Å². The number of nitrogens with two attached hydrogens (primary N) is 1. The van der Waals surface area contributed by atoms with Crippen LogP contribution in [-0.4, -0.2) is 31.5 Å². The minimum absolute atomic E-state index is 0.0968. The molecule has 0 unspecified atom stereocenters. The Morgan fingerprint density at radius 2 is 1.68 bits per heavy atom. The van der Waals surface area contributed by atoms with Crippen LogP contribution in [0.5, 0.6) is 5.75 Å². The van der Waals surface area contributed by atoms with Crippen molar-refractivity contribution < 1.29 is 14.3 Å². The number of hydrogen-bond acceptors (Lipinski definition) is 4. The Labute approximate surface area is 147 Å². The third-order valence-electron chi connectivity index (χ3n) is 3.41. The average Bonchev–Trinajstić information content (AvgIpc) is 2.62. The molecule has 6 heteroatoms. The van der Waals surface area contributed by atoms with Crippen LogP contribution < -0.4 is 21.1 Å². The van der Waals surface area contributed by atoms with Gasteiger partial charge in [-0.05, 0) is 29.8 Å². The van der Waals surface area contributed by atoms with Crippen molar-refractivity contribution in [1.82, 2.24) is 5.32 Å². The fraction of sp³-hybridized carbons (Fsp3) is 0.263. The monoisotopic (exact) mass is 341 g/mol. The van der Waals surface area contributed by atoms with Crippen molar-refractivity contribution in [2.75, 3.05) is 25.0 Å². The van der Waals surface area contributed by atoms with Gasteiger partial charge in [-0.1, -0.05) is 30.3 Å². The van der Waals surface area contributed by atoms with Gasteiger partial charge in [0.2, 0.25) is 11.8 Å². The van der Waals surface area contributed by atoms with Crippen LogP contribution in [0.3, 0.4) is 0 Å². The van der Waals surface area contributed by atoms with Gasteiger partial charge in [-0.3, -0.25) is 9.59 Å². The number of carbonyl (C=O) groups excluding carboxylic acids is 2. The molecule has 0 bridgehead atoms. The predicted octanol–water partition coefficient (Wildman–Crippen LogP) is 1.71. The Morgan fingerprint density at radius 3 is 2.36 bits per heavy atom. The molecule has 6 nitrogen and oxygen atoms in total. The van der Waals surface area contributed by atoms with E-state index in [1.54, 1.807) is 24.3 Å². The highest BCUT2D eigenvalue weighted by Gasteiger charge is 2.06. The van der Waals surface area contributed by atoms with Crippen molar-refractivity contribution in [3.8, 4) is 5.75 Å². The van der Waals surface area contributed by atoms with Gasteiger partial charge in [0.05, 0.1) is 6.42 Å². The summed E-state index contributed by atoms with van der Waals surface area (Å²) in [6, 6.07) is 16.5. The van der Waals surface area contributed by atoms with E-state index in [1.807, 2.05) is 30.3 Å². The summed E-state index contributed by atoms with van der Waals surface area (Å²) in [6.07, 6.45) is 0.526. The normalized spacial score (nSPS) is 10.1. The number of carbonyl (C=O) groups is 2. The van der Waals surface area contributed by atoms with E-state index in [-0.39, 0.29) is 18.2 Å². The Kier molecular flexibility index (Phi) is 7.46. The highest BCUT2D eigenvalue weighted by molar-refractivity contribution is 5.91. The number of nitrogens with one attached hydrogen (secondary N) is 2. The zero-order valence-electron chi connectivity index (χ0n) is 14.0. The minimum atomic E-state index is -0.157. The number of benzene rings is 2. The summed E-state index contributed by atoms with van der Waals surface area (Å²) >= 11 is 0. The first-order chi connectivity index (χ1) is 12.2. The highest BCUT2D eigenvalue weighted by atomic mass is 16.5. The topological polar surface area (TPSA) is 93.4 Å². The molecule has 4 N–H and O–H groups in total. The summed E-state index contributed by atoms with van der Waals surface area (Å²) in [7, 11) is 0. The molecule has 25 heavy (non-hydrogen) atoms. The lowest BCUT2D eigenvalue weighted by molar-refractivity contribution is -0.120. The van der Waals surface area contributed by atoms with Crippen molar-refractivity contribution in [2.24, 2.45) is 5.73 Å². The zero-order chi connectivity index (χ0) is 17.9. The third-order valence-corrected chi connectivity index (χ3v) is 3.41. The van der Waals surface area contributed by atoms with E-state index >= 15 is 0 Å². The van der Waals surface area contributed by atoms with Crippen molar-refractivity contribution in [1.29, 1.82) is 0 Å². The number of amides is 2. The first-order valence-corrected chi connectivity index (χ1v) is 8.21. The molecule has 132 valence electrons. The number of anilines is 1. The van der Waals surface area contributed by atoms with E-state index in [1.165, 1.54) is 0 Å². The lowest BCUT2D eigenvalue weighted by Crippen LogP contribution is -2.28. The molecular weight excluding hydrogens is 318 g/mol. The maximum absolute atomic E-state index is 11.9. The maximum Gasteiger partial charge on any atom is 0.226 e. The third kappa shape index (κ3) is 7.05. The molecule has 2 aromatic rings. The molecule has 0 spiro atoms. The zero-order valence-corrected chi connectivity index (χ0v) is 14.0. The molecule has 2 amide bonds. The summed E-state index contributed by atoms with van der Waals surface area (Å²) < 4.78 is 5.37. The van der Waals surface area contributed by atoms with Crippen LogP contribution in [-0.2, 0) is 16.0 Å². The molecule has 2 aromatic carbocycles. The van der Waals surface area contributed by atoms with Crippen LogP contribution in [0, 0.1) is 0 Å². The van der Waals surface area contributed by atoms with E-state index in [4.69, 9.17) is 10.5 Å². The van der Waals surface area contributed by atoms with Gasteiger partial charge in [-0.15, -0.1) is 0 Å². The number of hydrogen-bond donors (Lipinski definition) is 3. The largest absolute Gasteiger partial charge is 0.492 e. The maximum atomic E-state index is 11.9. The molecule has 2 rings (SSSR count). The van der Waals surface area contributed by atoms with Gasteiger partial charge in [-0.25, -0.2) is 0 Å². The molecule has 0 aliphatic carbocycles. The Morgan fingerprint density at radius 1 is 0.960 bits per heavy atom. The average molecular weight is 341 g/mol. The Balaban J connectivity index is 1.67. The summed E-state index contributed by atoms with van der Waals surface area (Å²) in [5.74, 6) is 0.452. The lowest BCUT2D eigenvalue weighted by Gasteiger charge is -2.08. The lowest BCUT2D eigenvalue weighted by atomic mass is 10.1. The first-order valence-electron chi connectivity index (χ1n) is 8.21. The van der Waals surface area contributed by atoms with Crippen molar-refractivity contribution in [2.45, 2.75) is 12.8 Å². The highest BCUT2D eigenvalue weighted by Crippen LogP contribution is 2.15. The predicted molar refractivity (Wildman–Crippen MR) is 97.4 cm³/mol. The molecule has 0 aromatic heterocycles. The first kappa shape index (κ1) is 18.5.